The van der Waals surface area contributed by atoms with Crippen LogP contribution in [-0.2, 0) is 58.9 Å². The molecule has 26 nitrogen and oxygen atoms in total. The van der Waals surface area contributed by atoms with Gasteiger partial charge in [-0.15, -0.1) is 0 Å². The number of hydrogen-bond donors (Lipinski definition) is 8. The molecule has 0 aliphatic carbocycles. The summed E-state index contributed by atoms with van der Waals surface area (Å²) in [5.41, 5.74) is 2.38. The zero-order valence-corrected chi connectivity index (χ0v) is 57.9. The third-order valence-corrected chi connectivity index (χ3v) is 19.1. The van der Waals surface area contributed by atoms with Crippen molar-refractivity contribution in [3.63, 3.8) is 0 Å². The number of esters is 1. The Bertz CT molecular complexity index is 3080. The first-order valence-electron chi connectivity index (χ1n) is 30.2. The smallest absolute Gasteiger partial charge is 0.409 e. The number of alkyl halides is 2. The molecule has 4 bridgehead atoms. The van der Waals surface area contributed by atoms with Crippen LogP contribution in [-0.4, -0.2) is 194 Å². The van der Waals surface area contributed by atoms with E-state index in [2.05, 4.69) is 63.8 Å². The zero-order chi connectivity index (χ0) is 68.6. The maximum absolute atomic E-state index is 14.6. The maximum atomic E-state index is 14.6. The van der Waals surface area contributed by atoms with Gasteiger partial charge in [0.25, 0.3) is 11.8 Å². The van der Waals surface area contributed by atoms with Crippen molar-refractivity contribution in [3.05, 3.63) is 75.8 Å². The fraction of sp³-hybridized carbons (Fsp3) is 0.587. The molecule has 0 spiro atoms. The van der Waals surface area contributed by atoms with Gasteiger partial charge in [-0.1, -0.05) is 88.0 Å². The number of aldehydes is 2. The number of benzene rings is 2. The summed E-state index contributed by atoms with van der Waals surface area (Å²) in [7, 11) is 7.00. The van der Waals surface area contributed by atoms with Crippen molar-refractivity contribution in [2.24, 2.45) is 17.6 Å². The van der Waals surface area contributed by atoms with E-state index in [1.807, 2.05) is 19.9 Å². The predicted molar refractivity (Wildman–Crippen MR) is 350 cm³/mol. The van der Waals surface area contributed by atoms with Gasteiger partial charge in [-0.3, -0.25) is 34.6 Å². The van der Waals surface area contributed by atoms with Gasteiger partial charge >= 0.3 is 18.1 Å². The molecule has 2 saturated heterocycles. The Balaban J connectivity index is 1.39. The molecule has 2 aromatic rings. The van der Waals surface area contributed by atoms with Gasteiger partial charge in [0, 0.05) is 63.4 Å². The number of epoxide rings is 1. The SMILES string of the molecule is CNC(=O)c1cc(C(=O)N(C)[C@@H](C)C(=O)O[C@H]2CC(=O)N(C)c3cc(cc(OC)c3Cl)C/C(C)=C/C=C/[C@@H](OC)[C@@]3(O)C[C@H](OC(=O)N3)[C@@H](C)[C@@H]3O[C@@]23C)ccc1NC(=O)[C@H](CCCNC(N)=O)NC(=O)[C@@H](NC(C=O)CCCC(C)OC(C=O)(CBr)CBr)C(C)C. The Morgan fingerprint density at radius 2 is 1.72 bits per heavy atom. The van der Waals surface area contributed by atoms with Gasteiger partial charge in [0.05, 0.1) is 54.8 Å². The average Bonchev–Trinajstić information content (AvgIpc) is 1.58. The molecule has 9 N–H and O–H groups in total. The Kier molecular flexibility index (Phi) is 28.2. The molecule has 2 unspecified atom stereocenters. The van der Waals surface area contributed by atoms with Gasteiger partial charge in [0.2, 0.25) is 17.7 Å². The van der Waals surface area contributed by atoms with E-state index in [-0.39, 0.29) is 70.2 Å². The number of aliphatic hydroxyl groups is 1. The highest BCUT2D eigenvalue weighted by atomic mass is 79.9. The van der Waals surface area contributed by atoms with Crippen molar-refractivity contribution in [2.75, 3.05) is 62.8 Å². The molecule has 0 saturated carbocycles. The number of nitrogens with zero attached hydrogens (tertiary/aromatic N) is 2. The fourth-order valence-corrected chi connectivity index (χ4v) is 12.8. The third kappa shape index (κ3) is 19.5. The third-order valence-electron chi connectivity index (χ3n) is 16.8. The predicted octanol–water partition coefficient (Wildman–Crippen LogP) is 5.54. The molecule has 92 heavy (non-hydrogen) atoms. The summed E-state index contributed by atoms with van der Waals surface area (Å²) in [6.07, 6.45) is 2.23. The number of urea groups is 1. The number of likely N-dealkylation sites (N-methyl/N-ethyl adjacent to an activating group) is 1. The second kappa shape index (κ2) is 34.0. The number of ether oxygens (including phenoxy) is 6. The lowest BCUT2D eigenvalue weighted by molar-refractivity contribution is -0.158. The summed E-state index contributed by atoms with van der Waals surface area (Å²) in [5, 5.41) is 28.7. The normalized spacial score (nSPS) is 24.2. The van der Waals surface area contributed by atoms with Crippen LogP contribution in [0.15, 0.2) is 54.1 Å². The minimum absolute atomic E-state index is 0.0357. The summed E-state index contributed by atoms with van der Waals surface area (Å²) >= 11 is 13.5. The van der Waals surface area contributed by atoms with Crippen LogP contribution < -0.4 is 47.3 Å². The number of nitrogens with two attached hydrogens (primary N) is 1. The molecule has 0 radical (unpaired) electrons. The van der Waals surface area contributed by atoms with Gasteiger partial charge < -0.3 is 79.9 Å². The van der Waals surface area contributed by atoms with E-state index in [9.17, 15) is 53.1 Å². The Morgan fingerprint density at radius 1 is 1.02 bits per heavy atom. The molecule has 2 fully saturated rings. The standard InChI is InChI=1S/C63H88Br2ClN9O17/c1-34(2)52(70-41(30-76)18-14-17-36(4)91-62(31-64,32-65)33-77)56(81)72-44(19-15-23-69-59(67)84)55(80)71-43-22-21-40(27-42(43)54(79)68-8)57(82)74(9)38(6)58(83)90-49-28-50(78)75(10)45-25-39(26-46(87-11)51(45)66)24-35(3)16-13-20-48(88-12)63(86)29-47(89-60(85)73-63)37(5)53-61(49,7)92-53/h13,16,20-22,25-27,30,33-34,36-38,41,44,47-49,52-53,70,86H,14-15,17-19,23-24,28-29,31-32H2,1-12H3,(H,68,79)(H,71,80)(H,72,81)(H,73,85)(H3,67,69,84)/b20-13+,35-16+/t36?,37-,38+,41?,44+,47+,48-,49+,52+,53+,61+,63+/m1/s1. The minimum atomic E-state index is -1.94. The average molecular weight is 1440 g/mol. The number of carbonyl (C=O) groups excluding carboxylic acids is 10. The molecule has 3 aliphatic heterocycles. The van der Waals surface area contributed by atoms with Crippen LogP contribution in [0.5, 0.6) is 5.75 Å². The van der Waals surface area contributed by atoms with E-state index in [0.717, 1.165) is 22.3 Å². The van der Waals surface area contributed by atoms with Crippen molar-refractivity contribution >= 4 is 115 Å². The number of anilines is 2. The first-order valence-corrected chi connectivity index (χ1v) is 32.9. The Hall–Kier alpha value is -6.53. The van der Waals surface area contributed by atoms with Crippen molar-refractivity contribution in [1.82, 2.24) is 31.5 Å². The van der Waals surface area contributed by atoms with Crippen LogP contribution in [0.3, 0.4) is 0 Å². The van der Waals surface area contributed by atoms with E-state index in [1.165, 1.54) is 65.4 Å². The van der Waals surface area contributed by atoms with Gasteiger partial charge in [-0.05, 0) is 108 Å². The lowest BCUT2D eigenvalue weighted by Gasteiger charge is -2.42. The Morgan fingerprint density at radius 3 is 2.33 bits per heavy atom. The number of halogens is 3. The number of carbonyl (C=O) groups is 10. The van der Waals surface area contributed by atoms with E-state index >= 15 is 0 Å². The van der Waals surface area contributed by atoms with Gasteiger partial charge in [0.15, 0.2) is 12.0 Å². The summed E-state index contributed by atoms with van der Waals surface area (Å²) in [4.78, 5) is 137. The highest BCUT2D eigenvalue weighted by molar-refractivity contribution is 9.10. The van der Waals surface area contributed by atoms with Gasteiger partial charge in [-0.25, -0.2) is 14.4 Å². The lowest BCUT2D eigenvalue weighted by Crippen LogP contribution is -2.63. The highest BCUT2D eigenvalue weighted by Crippen LogP contribution is 2.49. The first-order chi connectivity index (χ1) is 43.4. The first kappa shape index (κ1) is 76.2. The van der Waals surface area contributed by atoms with E-state index in [0.29, 0.717) is 37.7 Å². The van der Waals surface area contributed by atoms with Gasteiger partial charge in [0.1, 0.15) is 58.7 Å². The largest absolute Gasteiger partial charge is 0.495 e. The van der Waals surface area contributed by atoms with Crippen molar-refractivity contribution in [3.8, 4) is 5.75 Å². The second-order valence-electron chi connectivity index (χ2n) is 24.1. The van der Waals surface area contributed by atoms with E-state index < -0.39 is 131 Å². The number of rotatable bonds is 28. The van der Waals surface area contributed by atoms with Crippen LogP contribution in [0.4, 0.5) is 21.0 Å². The number of allylic oxidation sites excluding steroid dienone is 3. The van der Waals surface area contributed by atoms with Crippen molar-refractivity contribution in [1.29, 1.82) is 0 Å². The number of hydrogen-bond acceptors (Lipinski definition) is 18. The summed E-state index contributed by atoms with van der Waals surface area (Å²) in [5.74, 6) is -5.22. The van der Waals surface area contributed by atoms with Crippen molar-refractivity contribution in [2.45, 2.75) is 171 Å². The number of nitrogens with one attached hydrogen (secondary N) is 6. The molecule has 3 aliphatic rings. The molecular formula is C63H88Br2ClN9O17. The molecule has 8 amide bonds. The van der Waals surface area contributed by atoms with Crippen LogP contribution in [0, 0.1) is 11.8 Å². The van der Waals surface area contributed by atoms with Gasteiger partial charge in [-0.2, -0.15) is 0 Å². The van der Waals surface area contributed by atoms with Crippen LogP contribution in [0.2, 0.25) is 5.02 Å². The number of primary amides is 1. The molecule has 29 heteroatoms. The zero-order valence-electron chi connectivity index (χ0n) is 54.0. The highest BCUT2D eigenvalue weighted by Gasteiger charge is 2.64. The maximum Gasteiger partial charge on any atom is 0.409 e. The summed E-state index contributed by atoms with van der Waals surface area (Å²) in [6, 6.07) is 2.07. The van der Waals surface area contributed by atoms with Crippen LogP contribution >= 0.6 is 43.5 Å². The van der Waals surface area contributed by atoms with Crippen LogP contribution in [0.1, 0.15) is 120 Å². The van der Waals surface area contributed by atoms with E-state index in [1.54, 1.807) is 52.0 Å². The van der Waals surface area contributed by atoms with Crippen LogP contribution in [0.25, 0.3) is 0 Å². The number of methoxy groups -OCH3 is 2. The second-order valence-corrected chi connectivity index (χ2v) is 25.6. The monoisotopic (exact) mass is 1440 g/mol. The Labute approximate surface area is 558 Å². The minimum Gasteiger partial charge on any atom is -0.495 e. The molecule has 508 valence electrons. The summed E-state index contributed by atoms with van der Waals surface area (Å²) < 4.78 is 35.6. The fourth-order valence-electron chi connectivity index (χ4n) is 11.0. The topological polar surface area (TPSA) is 354 Å². The number of fused-ring (bicyclic) bond motifs is 5. The molecule has 0 aromatic heterocycles. The number of amides is 8. The van der Waals surface area contributed by atoms with E-state index in [4.69, 9.17) is 45.8 Å². The quantitative estimate of drug-likeness (QED) is 0.0170. The molecule has 5 rings (SSSR count). The summed E-state index contributed by atoms with van der Waals surface area (Å²) in [6.45, 7) is 12.0. The molecule has 12 atom stereocenters. The van der Waals surface area contributed by atoms with Crippen molar-refractivity contribution < 1.29 is 81.5 Å². The molecule has 3 heterocycles. The molecule has 2 aromatic carbocycles. The number of alkyl carbamates (subject to hydrolysis) is 1. The lowest BCUT2D eigenvalue weighted by atomic mass is 9.83. The molecular weight excluding hydrogens is 1350 g/mol.